The SMILES string of the molecule is CC1(C)c2cc(-c3cc4cc(-c5cccc6ccccc56)c5ccccc5c4c4ccccc34)ccc2-c2ccc(N(c3ccccc3)c3ccc(-c4ccccc4)cc3)cc21. The molecule has 1 nitrogen and oxygen atoms in total. The minimum atomic E-state index is -0.222. The molecule has 0 fully saturated rings. The summed E-state index contributed by atoms with van der Waals surface area (Å²) in [6, 6.07) is 82.9. The van der Waals surface area contributed by atoms with Gasteiger partial charge in [0.25, 0.3) is 0 Å². The van der Waals surface area contributed by atoms with E-state index in [1.165, 1.54) is 98.7 Å². The van der Waals surface area contributed by atoms with Crippen LogP contribution >= 0.6 is 0 Å². The van der Waals surface area contributed by atoms with E-state index in [9.17, 15) is 0 Å². The highest BCUT2D eigenvalue weighted by molar-refractivity contribution is 6.26. The fourth-order valence-corrected chi connectivity index (χ4v) is 10.4. The van der Waals surface area contributed by atoms with Gasteiger partial charge in [-0.15, -0.1) is 0 Å². The van der Waals surface area contributed by atoms with Crippen LogP contribution in [0.1, 0.15) is 25.0 Å². The number of benzene rings is 11. The van der Waals surface area contributed by atoms with Crippen molar-refractivity contribution >= 4 is 60.2 Å². The quantitative estimate of drug-likeness (QED) is 0.152. The van der Waals surface area contributed by atoms with E-state index in [0.717, 1.165) is 17.1 Å². The summed E-state index contributed by atoms with van der Waals surface area (Å²) in [5.41, 5.74) is 16.0. The maximum absolute atomic E-state index is 2.48. The van der Waals surface area contributed by atoms with E-state index in [0.29, 0.717) is 0 Å². The van der Waals surface area contributed by atoms with Gasteiger partial charge in [0.15, 0.2) is 0 Å². The van der Waals surface area contributed by atoms with Crippen LogP contribution in [0.5, 0.6) is 0 Å². The van der Waals surface area contributed by atoms with Gasteiger partial charge >= 0.3 is 0 Å². The van der Waals surface area contributed by atoms with Gasteiger partial charge in [-0.05, 0) is 153 Å². The highest BCUT2D eigenvalue weighted by Crippen LogP contribution is 2.52. The Kier molecular flexibility index (Phi) is 8.27. The Hall–Kier alpha value is -7.74. The summed E-state index contributed by atoms with van der Waals surface area (Å²) in [6.07, 6.45) is 0. The Labute approximate surface area is 362 Å². The van der Waals surface area contributed by atoms with Crippen LogP contribution in [-0.4, -0.2) is 0 Å². The zero-order chi connectivity index (χ0) is 41.4. The number of para-hydroxylation sites is 1. The van der Waals surface area contributed by atoms with Gasteiger partial charge in [-0.25, -0.2) is 0 Å². The van der Waals surface area contributed by atoms with E-state index in [4.69, 9.17) is 0 Å². The zero-order valence-electron chi connectivity index (χ0n) is 34.8. The third-order valence-corrected chi connectivity index (χ3v) is 13.4. The van der Waals surface area contributed by atoms with Crippen LogP contribution < -0.4 is 4.90 Å². The highest BCUT2D eigenvalue weighted by atomic mass is 15.1. The largest absolute Gasteiger partial charge is 0.310 e. The molecule has 62 heavy (non-hydrogen) atoms. The van der Waals surface area contributed by atoms with E-state index in [2.05, 4.69) is 243 Å². The molecule has 11 aromatic rings. The second-order valence-electron chi connectivity index (χ2n) is 17.3. The Balaban J connectivity index is 0.990. The Morgan fingerprint density at radius 3 is 1.52 bits per heavy atom. The summed E-state index contributed by atoms with van der Waals surface area (Å²) in [4.78, 5) is 2.39. The fraction of sp³-hybridized carbons (Fsp3) is 0.0492. The van der Waals surface area contributed by atoms with Crippen LogP contribution in [-0.2, 0) is 5.41 Å². The molecular formula is C61H43N. The molecule has 12 rings (SSSR count). The summed E-state index contributed by atoms with van der Waals surface area (Å²) in [6.45, 7) is 4.79. The van der Waals surface area contributed by atoms with Crippen molar-refractivity contribution in [2.24, 2.45) is 0 Å². The van der Waals surface area contributed by atoms with Gasteiger partial charge < -0.3 is 4.90 Å². The minimum Gasteiger partial charge on any atom is -0.310 e. The Morgan fingerprint density at radius 1 is 0.290 bits per heavy atom. The molecular weight excluding hydrogens is 747 g/mol. The molecule has 0 amide bonds. The maximum Gasteiger partial charge on any atom is 0.0465 e. The highest BCUT2D eigenvalue weighted by Gasteiger charge is 2.36. The molecule has 0 radical (unpaired) electrons. The molecule has 292 valence electrons. The minimum absolute atomic E-state index is 0.222. The molecule has 1 aliphatic carbocycles. The van der Waals surface area contributed by atoms with Gasteiger partial charge in [0.05, 0.1) is 0 Å². The van der Waals surface area contributed by atoms with E-state index < -0.39 is 0 Å². The first-order chi connectivity index (χ1) is 30.5. The standard InChI is InChI=1S/C61H43N/c1-61(2)58-38-43(30-34-52(58)53-35-33-47(39-59(53)61)62(45-20-7-4-8-21-45)46-31-28-41(29-32-46)40-16-5-3-6-17-40)56-36-44-37-57(49-27-15-19-42-18-9-10-22-48(42)49)51-24-12-14-26-55(51)60(44)54-25-13-11-23-50(54)56/h3-39H,1-2H3. The summed E-state index contributed by atoms with van der Waals surface area (Å²) in [5, 5.41) is 10.2. The van der Waals surface area contributed by atoms with Crippen molar-refractivity contribution in [3.63, 3.8) is 0 Å². The van der Waals surface area contributed by atoms with Crippen molar-refractivity contribution in [1.82, 2.24) is 0 Å². The number of anilines is 3. The first kappa shape index (κ1) is 36.1. The van der Waals surface area contributed by atoms with E-state index in [-0.39, 0.29) is 5.41 Å². The molecule has 0 unspecified atom stereocenters. The Morgan fingerprint density at radius 2 is 0.790 bits per heavy atom. The molecule has 0 heterocycles. The van der Waals surface area contributed by atoms with Crippen LogP contribution in [0.3, 0.4) is 0 Å². The topological polar surface area (TPSA) is 3.24 Å². The third kappa shape index (κ3) is 5.70. The average molecular weight is 790 g/mol. The smallest absolute Gasteiger partial charge is 0.0465 e. The van der Waals surface area contributed by atoms with Gasteiger partial charge in [-0.1, -0.05) is 184 Å². The second-order valence-corrected chi connectivity index (χ2v) is 17.3. The summed E-state index contributed by atoms with van der Waals surface area (Å²) in [7, 11) is 0. The van der Waals surface area contributed by atoms with E-state index >= 15 is 0 Å². The number of fused-ring (bicyclic) bond motifs is 9. The summed E-state index contributed by atoms with van der Waals surface area (Å²) >= 11 is 0. The molecule has 0 aromatic heterocycles. The van der Waals surface area contributed by atoms with Crippen molar-refractivity contribution in [3.8, 4) is 44.5 Å². The molecule has 1 aliphatic rings. The average Bonchev–Trinajstić information content (AvgIpc) is 3.56. The molecule has 0 bridgehead atoms. The first-order valence-electron chi connectivity index (χ1n) is 21.7. The maximum atomic E-state index is 2.48. The number of rotatable bonds is 6. The van der Waals surface area contributed by atoms with Crippen LogP contribution in [0.4, 0.5) is 17.1 Å². The van der Waals surface area contributed by atoms with Crippen LogP contribution in [0.15, 0.2) is 224 Å². The van der Waals surface area contributed by atoms with Crippen molar-refractivity contribution in [2.75, 3.05) is 4.90 Å². The number of nitrogens with zero attached hydrogens (tertiary/aromatic N) is 1. The molecule has 0 saturated heterocycles. The van der Waals surface area contributed by atoms with E-state index in [1.54, 1.807) is 0 Å². The van der Waals surface area contributed by atoms with Gasteiger partial charge in [0, 0.05) is 22.5 Å². The van der Waals surface area contributed by atoms with Gasteiger partial charge in [-0.3, -0.25) is 0 Å². The van der Waals surface area contributed by atoms with Gasteiger partial charge in [-0.2, -0.15) is 0 Å². The van der Waals surface area contributed by atoms with Gasteiger partial charge in [0.2, 0.25) is 0 Å². The lowest BCUT2D eigenvalue weighted by Crippen LogP contribution is -2.16. The molecule has 0 N–H and O–H groups in total. The van der Waals surface area contributed by atoms with Crippen molar-refractivity contribution in [1.29, 1.82) is 0 Å². The van der Waals surface area contributed by atoms with Crippen molar-refractivity contribution in [2.45, 2.75) is 19.3 Å². The molecule has 0 spiro atoms. The fourth-order valence-electron chi connectivity index (χ4n) is 10.4. The lowest BCUT2D eigenvalue weighted by Gasteiger charge is -2.28. The van der Waals surface area contributed by atoms with Crippen LogP contribution in [0, 0.1) is 0 Å². The molecule has 11 aromatic carbocycles. The number of hydrogen-bond donors (Lipinski definition) is 0. The van der Waals surface area contributed by atoms with Crippen molar-refractivity contribution < 1.29 is 0 Å². The summed E-state index contributed by atoms with van der Waals surface area (Å²) in [5.74, 6) is 0. The van der Waals surface area contributed by atoms with E-state index in [1.807, 2.05) is 0 Å². The molecule has 1 heteroatoms. The summed E-state index contributed by atoms with van der Waals surface area (Å²) < 4.78 is 0. The third-order valence-electron chi connectivity index (χ3n) is 13.4. The zero-order valence-corrected chi connectivity index (χ0v) is 34.8. The Bertz CT molecular complexity index is 3520. The lowest BCUT2D eigenvalue weighted by atomic mass is 9.81. The molecule has 0 atom stereocenters. The molecule has 0 aliphatic heterocycles. The predicted octanol–water partition coefficient (Wildman–Crippen LogP) is 17.1. The predicted molar refractivity (Wildman–Crippen MR) is 265 cm³/mol. The van der Waals surface area contributed by atoms with Crippen LogP contribution in [0.2, 0.25) is 0 Å². The number of hydrogen-bond acceptors (Lipinski definition) is 1. The van der Waals surface area contributed by atoms with Crippen LogP contribution in [0.25, 0.3) is 87.6 Å². The normalized spacial score (nSPS) is 12.8. The van der Waals surface area contributed by atoms with Crippen molar-refractivity contribution in [3.05, 3.63) is 236 Å². The lowest BCUT2D eigenvalue weighted by molar-refractivity contribution is 0.660. The first-order valence-corrected chi connectivity index (χ1v) is 21.7. The second kappa shape index (κ2) is 14.2. The molecule has 0 saturated carbocycles. The van der Waals surface area contributed by atoms with Gasteiger partial charge in [0.1, 0.15) is 0 Å². The monoisotopic (exact) mass is 789 g/mol.